The molecule has 0 saturated heterocycles. The van der Waals surface area contributed by atoms with E-state index < -0.39 is 16.0 Å². The van der Waals surface area contributed by atoms with Crippen LogP contribution in [0.1, 0.15) is 23.0 Å². The Morgan fingerprint density at radius 3 is 2.59 bits per heavy atom. The number of ether oxygens (including phenoxy) is 1. The maximum absolute atomic E-state index is 13.0. The van der Waals surface area contributed by atoms with Crippen LogP contribution in [0.25, 0.3) is 10.9 Å². The molecule has 0 unspecified atom stereocenters. The number of esters is 1. The highest BCUT2D eigenvalue weighted by Crippen LogP contribution is 2.28. The molecule has 0 fully saturated rings. The highest BCUT2D eigenvalue weighted by atomic mass is 35.5. The molecule has 3 aromatic rings. The first-order valence-electron chi connectivity index (χ1n) is 8.05. The molecule has 0 saturated carbocycles. The predicted molar refractivity (Wildman–Crippen MR) is 105 cm³/mol. The normalized spacial score (nSPS) is 11.7. The van der Waals surface area contributed by atoms with Crippen LogP contribution in [0, 0.1) is 0 Å². The van der Waals surface area contributed by atoms with Gasteiger partial charge in [-0.2, -0.15) is 0 Å². The number of fused-ring (bicyclic) bond motifs is 1. The van der Waals surface area contributed by atoms with E-state index >= 15 is 0 Å². The Morgan fingerprint density at radius 2 is 1.89 bits per heavy atom. The van der Waals surface area contributed by atoms with Gasteiger partial charge in [0.05, 0.1) is 16.7 Å². The molecule has 0 aliphatic rings. The molecule has 1 aromatic heterocycles. The van der Waals surface area contributed by atoms with Gasteiger partial charge in [-0.1, -0.05) is 47.5 Å². The van der Waals surface area contributed by atoms with Crippen molar-refractivity contribution in [3.05, 3.63) is 63.8 Å². The summed E-state index contributed by atoms with van der Waals surface area (Å²) in [6.45, 7) is 1.77. The van der Waals surface area contributed by atoms with Gasteiger partial charge in [-0.05, 0) is 30.7 Å². The van der Waals surface area contributed by atoms with Crippen molar-refractivity contribution >= 4 is 50.1 Å². The van der Waals surface area contributed by atoms with Gasteiger partial charge in [0.2, 0.25) is 10.0 Å². The summed E-state index contributed by atoms with van der Waals surface area (Å²) in [7, 11) is -4.02. The number of benzene rings is 2. The number of H-pyrrole nitrogens is 1. The molecule has 3 rings (SSSR count). The second kappa shape index (κ2) is 7.90. The first kappa shape index (κ1) is 19.7. The van der Waals surface area contributed by atoms with E-state index in [0.717, 1.165) is 0 Å². The van der Waals surface area contributed by atoms with Crippen LogP contribution in [0.5, 0.6) is 0 Å². The molecule has 2 N–H and O–H groups in total. The molecule has 0 aliphatic carbocycles. The number of halogens is 2. The van der Waals surface area contributed by atoms with Crippen molar-refractivity contribution in [1.82, 2.24) is 9.71 Å². The topological polar surface area (TPSA) is 88.3 Å². The van der Waals surface area contributed by atoms with Crippen molar-refractivity contribution < 1.29 is 17.9 Å². The van der Waals surface area contributed by atoms with Crippen LogP contribution < -0.4 is 4.72 Å². The SMILES string of the molecule is CCOC(=O)c1[nH]c2ccccc2c1S(=O)(=O)NCc1ccc(Cl)c(Cl)c1. The lowest BCUT2D eigenvalue weighted by Gasteiger charge is -2.09. The van der Waals surface area contributed by atoms with Crippen molar-refractivity contribution in [2.24, 2.45) is 0 Å². The Balaban J connectivity index is 1.99. The molecular weight excluding hydrogens is 411 g/mol. The van der Waals surface area contributed by atoms with Gasteiger partial charge in [0.1, 0.15) is 10.6 Å². The molecule has 0 spiro atoms. The number of aromatic amines is 1. The summed E-state index contributed by atoms with van der Waals surface area (Å²) in [6, 6.07) is 11.6. The summed E-state index contributed by atoms with van der Waals surface area (Å²) in [5.41, 5.74) is 1.04. The predicted octanol–water partition coefficient (Wildman–Crippen LogP) is 4.13. The second-order valence-electron chi connectivity index (χ2n) is 5.67. The Labute approximate surface area is 166 Å². The van der Waals surface area contributed by atoms with E-state index in [9.17, 15) is 13.2 Å². The van der Waals surface area contributed by atoms with E-state index in [1.54, 1.807) is 49.4 Å². The van der Waals surface area contributed by atoms with Gasteiger partial charge < -0.3 is 9.72 Å². The summed E-state index contributed by atoms with van der Waals surface area (Å²) in [5, 5.41) is 1.11. The van der Waals surface area contributed by atoms with Crippen LogP contribution in [0.2, 0.25) is 10.0 Å². The Morgan fingerprint density at radius 1 is 1.15 bits per heavy atom. The van der Waals surface area contributed by atoms with E-state index in [1.807, 2.05) is 0 Å². The minimum absolute atomic E-state index is 0.0129. The smallest absolute Gasteiger partial charge is 0.356 e. The van der Waals surface area contributed by atoms with Gasteiger partial charge in [0.25, 0.3) is 0 Å². The van der Waals surface area contributed by atoms with E-state index in [4.69, 9.17) is 27.9 Å². The van der Waals surface area contributed by atoms with Crippen LogP contribution in [-0.2, 0) is 21.3 Å². The summed E-state index contributed by atoms with van der Waals surface area (Å²) in [4.78, 5) is 15.0. The fourth-order valence-electron chi connectivity index (χ4n) is 2.64. The molecule has 27 heavy (non-hydrogen) atoms. The molecule has 0 bridgehead atoms. The van der Waals surface area contributed by atoms with Gasteiger partial charge >= 0.3 is 5.97 Å². The number of nitrogens with one attached hydrogen (secondary N) is 2. The second-order valence-corrected chi connectivity index (χ2v) is 8.19. The van der Waals surface area contributed by atoms with Crippen LogP contribution in [0.4, 0.5) is 0 Å². The van der Waals surface area contributed by atoms with E-state index in [1.165, 1.54) is 0 Å². The zero-order valence-electron chi connectivity index (χ0n) is 14.3. The minimum Gasteiger partial charge on any atom is -0.461 e. The van der Waals surface area contributed by atoms with Crippen molar-refractivity contribution in [3.8, 4) is 0 Å². The summed E-state index contributed by atoms with van der Waals surface area (Å²) in [5.74, 6) is -0.733. The van der Waals surface area contributed by atoms with Gasteiger partial charge in [-0.3, -0.25) is 0 Å². The molecular formula is C18H16Cl2N2O4S. The maximum Gasteiger partial charge on any atom is 0.356 e. The molecule has 9 heteroatoms. The first-order valence-corrected chi connectivity index (χ1v) is 10.3. The van der Waals surface area contributed by atoms with E-state index in [2.05, 4.69) is 9.71 Å². The van der Waals surface area contributed by atoms with Crippen LogP contribution in [0.15, 0.2) is 47.4 Å². The van der Waals surface area contributed by atoms with Crippen LogP contribution in [-0.4, -0.2) is 26.0 Å². The van der Waals surface area contributed by atoms with Crippen LogP contribution in [0.3, 0.4) is 0 Å². The fourth-order valence-corrected chi connectivity index (χ4v) is 4.33. The van der Waals surface area contributed by atoms with Crippen molar-refractivity contribution in [2.45, 2.75) is 18.4 Å². The quantitative estimate of drug-likeness (QED) is 0.579. The molecule has 0 amide bonds. The maximum atomic E-state index is 13.0. The van der Waals surface area contributed by atoms with Crippen molar-refractivity contribution in [1.29, 1.82) is 0 Å². The Bertz CT molecular complexity index is 1110. The zero-order chi connectivity index (χ0) is 19.6. The average molecular weight is 427 g/mol. The number of carbonyl (C=O) groups excluding carboxylic acids is 1. The number of para-hydroxylation sites is 1. The zero-order valence-corrected chi connectivity index (χ0v) is 16.6. The minimum atomic E-state index is -4.02. The lowest BCUT2D eigenvalue weighted by Crippen LogP contribution is -2.25. The van der Waals surface area contributed by atoms with Gasteiger partial charge in [-0.25, -0.2) is 17.9 Å². The third kappa shape index (κ3) is 4.11. The van der Waals surface area contributed by atoms with Crippen LogP contribution >= 0.6 is 23.2 Å². The highest BCUT2D eigenvalue weighted by molar-refractivity contribution is 7.89. The number of hydrogen-bond donors (Lipinski definition) is 2. The number of aromatic nitrogens is 1. The highest BCUT2D eigenvalue weighted by Gasteiger charge is 2.28. The van der Waals surface area contributed by atoms with Crippen molar-refractivity contribution in [3.63, 3.8) is 0 Å². The summed E-state index contributed by atoms with van der Waals surface area (Å²) in [6.07, 6.45) is 0. The third-order valence-electron chi connectivity index (χ3n) is 3.86. The molecule has 0 aliphatic heterocycles. The van der Waals surface area contributed by atoms with Gasteiger partial charge in [0.15, 0.2) is 0 Å². The Kier molecular flexibility index (Phi) is 5.76. The number of sulfonamides is 1. The average Bonchev–Trinajstić information content (AvgIpc) is 3.03. The molecule has 0 radical (unpaired) electrons. The standard InChI is InChI=1S/C18H16Cl2N2O4S/c1-2-26-18(23)16-17(12-5-3-4-6-15(12)22-16)27(24,25)21-10-11-7-8-13(19)14(20)9-11/h3-9,21-22H,2,10H2,1H3. The number of carbonyl (C=O) groups is 1. The number of hydrogen-bond acceptors (Lipinski definition) is 4. The van der Waals surface area contributed by atoms with Gasteiger partial charge in [0, 0.05) is 17.4 Å². The van der Waals surface area contributed by atoms with Gasteiger partial charge in [-0.15, -0.1) is 0 Å². The monoisotopic (exact) mass is 426 g/mol. The largest absolute Gasteiger partial charge is 0.461 e. The molecule has 2 aromatic carbocycles. The molecule has 0 atom stereocenters. The summed E-state index contributed by atoms with van der Waals surface area (Å²) >= 11 is 11.8. The summed E-state index contributed by atoms with van der Waals surface area (Å²) < 4.78 is 33.4. The molecule has 142 valence electrons. The Hall–Kier alpha value is -2.06. The number of rotatable bonds is 6. The van der Waals surface area contributed by atoms with E-state index in [-0.39, 0.29) is 23.7 Å². The molecule has 1 heterocycles. The lowest BCUT2D eigenvalue weighted by molar-refractivity contribution is 0.0516. The fraction of sp³-hybridized carbons (Fsp3) is 0.167. The third-order valence-corrected chi connectivity index (χ3v) is 6.08. The first-order chi connectivity index (χ1) is 12.8. The lowest BCUT2D eigenvalue weighted by atomic mass is 10.2. The van der Waals surface area contributed by atoms with Crippen molar-refractivity contribution in [2.75, 3.05) is 6.61 Å². The molecule has 6 nitrogen and oxygen atoms in total. The van der Waals surface area contributed by atoms with E-state index in [0.29, 0.717) is 26.5 Å².